The predicted octanol–water partition coefficient (Wildman–Crippen LogP) is 0.728. The Bertz CT molecular complexity index is 414. The Balaban J connectivity index is 2.71. The molecular weight excluding hydrogens is 236 g/mol. The maximum atomic E-state index is 12.0. The summed E-state index contributed by atoms with van der Waals surface area (Å²) in [5, 5.41) is 11.5. The lowest BCUT2D eigenvalue weighted by Crippen LogP contribution is -2.38. The number of nitrogens with one attached hydrogen (secondary N) is 1. The Hall–Kier alpha value is -1.82. The molecule has 1 heterocycles. The van der Waals surface area contributed by atoms with Crippen LogP contribution in [0.15, 0.2) is 18.3 Å². The molecule has 1 aromatic rings. The molecule has 0 saturated heterocycles. The Morgan fingerprint density at radius 1 is 1.56 bits per heavy atom. The highest BCUT2D eigenvalue weighted by atomic mass is 16.5. The highest BCUT2D eigenvalue weighted by molar-refractivity contribution is 5.93. The second-order valence-electron chi connectivity index (χ2n) is 3.95. The van der Waals surface area contributed by atoms with Crippen LogP contribution in [-0.2, 0) is 16.1 Å². The highest BCUT2D eigenvalue weighted by Crippen LogP contribution is 2.04. The molecule has 0 aliphatic rings. The van der Waals surface area contributed by atoms with E-state index in [2.05, 4.69) is 5.32 Å². The first-order valence-electron chi connectivity index (χ1n) is 5.75. The zero-order valence-electron chi connectivity index (χ0n) is 10.5. The molecule has 0 aliphatic carbocycles. The van der Waals surface area contributed by atoms with Gasteiger partial charge < -0.3 is 19.7 Å². The summed E-state index contributed by atoms with van der Waals surface area (Å²) in [5.41, 5.74) is 0.340. The zero-order valence-corrected chi connectivity index (χ0v) is 10.5. The molecule has 100 valence electrons. The summed E-state index contributed by atoms with van der Waals surface area (Å²) < 4.78 is 6.39. The van der Waals surface area contributed by atoms with Crippen molar-refractivity contribution < 1.29 is 19.4 Å². The second-order valence-corrected chi connectivity index (χ2v) is 3.95. The number of hydrogen-bond acceptors (Lipinski definition) is 3. The van der Waals surface area contributed by atoms with Crippen LogP contribution in [0.3, 0.4) is 0 Å². The first-order chi connectivity index (χ1) is 8.58. The van der Waals surface area contributed by atoms with Gasteiger partial charge in [0.25, 0.3) is 5.91 Å². The maximum Gasteiger partial charge on any atom is 0.323 e. The van der Waals surface area contributed by atoms with Crippen LogP contribution in [0.25, 0.3) is 0 Å². The Morgan fingerprint density at radius 3 is 2.83 bits per heavy atom. The average molecular weight is 254 g/mol. The largest absolute Gasteiger partial charge is 0.480 e. The molecule has 0 spiro atoms. The van der Waals surface area contributed by atoms with Crippen LogP contribution in [0.4, 0.5) is 0 Å². The van der Waals surface area contributed by atoms with Gasteiger partial charge in [-0.2, -0.15) is 0 Å². The first-order valence-corrected chi connectivity index (χ1v) is 5.75. The predicted molar refractivity (Wildman–Crippen MR) is 65.5 cm³/mol. The topological polar surface area (TPSA) is 80.6 Å². The molecule has 6 heteroatoms. The lowest BCUT2D eigenvalue weighted by atomic mass is 10.2. The van der Waals surface area contributed by atoms with Gasteiger partial charge >= 0.3 is 5.97 Å². The fourth-order valence-electron chi connectivity index (χ4n) is 1.63. The van der Waals surface area contributed by atoms with E-state index in [1.165, 1.54) is 4.57 Å². The number of rotatable bonds is 7. The summed E-state index contributed by atoms with van der Waals surface area (Å²) in [6.45, 7) is 2.15. The first kappa shape index (κ1) is 14.2. The fourth-order valence-corrected chi connectivity index (χ4v) is 1.63. The van der Waals surface area contributed by atoms with E-state index in [1.807, 2.05) is 6.92 Å². The van der Waals surface area contributed by atoms with Crippen molar-refractivity contribution in [2.75, 3.05) is 13.7 Å². The van der Waals surface area contributed by atoms with Gasteiger partial charge in [0.1, 0.15) is 12.2 Å². The normalized spacial score (nSPS) is 12.1. The van der Waals surface area contributed by atoms with E-state index in [-0.39, 0.29) is 18.5 Å². The second kappa shape index (κ2) is 6.80. The number of aromatic nitrogens is 1. The standard InChI is InChI=1S/C12H18N2O4/c1-3-9(8-18-2)13-12(17)10-5-4-6-14(10)7-11(15)16/h4-6,9H,3,7-8H2,1-2H3,(H,13,17)(H,15,16). The van der Waals surface area contributed by atoms with Gasteiger partial charge in [0.05, 0.1) is 12.6 Å². The molecule has 2 N–H and O–H groups in total. The smallest absolute Gasteiger partial charge is 0.323 e. The molecule has 0 fully saturated rings. The molecule has 0 saturated carbocycles. The van der Waals surface area contributed by atoms with E-state index in [0.29, 0.717) is 12.3 Å². The van der Waals surface area contributed by atoms with E-state index < -0.39 is 5.97 Å². The van der Waals surface area contributed by atoms with Gasteiger partial charge in [-0.1, -0.05) is 6.92 Å². The quantitative estimate of drug-likeness (QED) is 0.751. The van der Waals surface area contributed by atoms with Gasteiger partial charge in [0.2, 0.25) is 0 Å². The number of carboxylic acid groups (broad SMARTS) is 1. The summed E-state index contributed by atoms with van der Waals surface area (Å²) in [5.74, 6) is -1.27. The molecule has 0 aliphatic heterocycles. The van der Waals surface area contributed by atoms with Crippen molar-refractivity contribution in [3.63, 3.8) is 0 Å². The molecule has 18 heavy (non-hydrogen) atoms. The molecule has 1 unspecified atom stereocenters. The third-order valence-corrected chi connectivity index (χ3v) is 2.56. The summed E-state index contributed by atoms with van der Waals surface area (Å²) in [6, 6.07) is 3.17. The van der Waals surface area contributed by atoms with Crippen molar-refractivity contribution in [1.82, 2.24) is 9.88 Å². The average Bonchev–Trinajstić information content (AvgIpc) is 2.75. The third kappa shape index (κ3) is 3.89. The maximum absolute atomic E-state index is 12.0. The minimum absolute atomic E-state index is 0.0734. The van der Waals surface area contributed by atoms with E-state index >= 15 is 0 Å². The van der Waals surface area contributed by atoms with Crippen LogP contribution < -0.4 is 5.32 Å². The number of carboxylic acids is 1. The van der Waals surface area contributed by atoms with E-state index in [9.17, 15) is 9.59 Å². The van der Waals surface area contributed by atoms with Crippen LogP contribution >= 0.6 is 0 Å². The number of carbonyl (C=O) groups is 2. The lowest BCUT2D eigenvalue weighted by Gasteiger charge is -2.16. The Kier molecular flexibility index (Phi) is 5.38. The molecule has 6 nitrogen and oxygen atoms in total. The van der Waals surface area contributed by atoms with Gasteiger partial charge in [0.15, 0.2) is 0 Å². The van der Waals surface area contributed by atoms with Crippen molar-refractivity contribution in [2.24, 2.45) is 0 Å². The summed E-state index contributed by atoms with van der Waals surface area (Å²) in [6.07, 6.45) is 2.32. The number of methoxy groups -OCH3 is 1. The monoisotopic (exact) mass is 254 g/mol. The lowest BCUT2D eigenvalue weighted by molar-refractivity contribution is -0.137. The zero-order chi connectivity index (χ0) is 13.5. The summed E-state index contributed by atoms with van der Waals surface area (Å²) in [4.78, 5) is 22.6. The van der Waals surface area contributed by atoms with Gasteiger partial charge in [-0.05, 0) is 18.6 Å². The Labute approximate surface area is 106 Å². The fraction of sp³-hybridized carbons (Fsp3) is 0.500. The molecule has 1 amide bonds. The van der Waals surface area contributed by atoms with Crippen LogP contribution in [0.5, 0.6) is 0 Å². The molecule has 1 aromatic heterocycles. The van der Waals surface area contributed by atoms with Crippen LogP contribution in [-0.4, -0.2) is 41.3 Å². The van der Waals surface area contributed by atoms with Crippen molar-refractivity contribution in [2.45, 2.75) is 25.9 Å². The van der Waals surface area contributed by atoms with Crippen molar-refractivity contribution in [1.29, 1.82) is 0 Å². The van der Waals surface area contributed by atoms with Gasteiger partial charge in [-0.15, -0.1) is 0 Å². The van der Waals surface area contributed by atoms with E-state index in [0.717, 1.165) is 6.42 Å². The van der Waals surface area contributed by atoms with Gasteiger partial charge in [0, 0.05) is 13.3 Å². The number of carbonyl (C=O) groups excluding carboxylic acids is 1. The Morgan fingerprint density at radius 2 is 2.28 bits per heavy atom. The third-order valence-electron chi connectivity index (χ3n) is 2.56. The van der Waals surface area contributed by atoms with Crippen LogP contribution in [0.1, 0.15) is 23.8 Å². The number of hydrogen-bond donors (Lipinski definition) is 2. The van der Waals surface area contributed by atoms with Crippen molar-refractivity contribution in [3.05, 3.63) is 24.0 Å². The highest BCUT2D eigenvalue weighted by Gasteiger charge is 2.16. The van der Waals surface area contributed by atoms with Gasteiger partial charge in [-0.3, -0.25) is 9.59 Å². The van der Waals surface area contributed by atoms with E-state index in [4.69, 9.17) is 9.84 Å². The number of amides is 1. The van der Waals surface area contributed by atoms with Crippen LogP contribution in [0.2, 0.25) is 0 Å². The number of aliphatic carboxylic acids is 1. The summed E-state index contributed by atoms with van der Waals surface area (Å²) in [7, 11) is 1.57. The molecule has 0 bridgehead atoms. The molecule has 0 radical (unpaired) electrons. The molecule has 0 aromatic carbocycles. The van der Waals surface area contributed by atoms with Crippen molar-refractivity contribution in [3.8, 4) is 0 Å². The summed E-state index contributed by atoms with van der Waals surface area (Å²) >= 11 is 0. The van der Waals surface area contributed by atoms with Crippen LogP contribution in [0, 0.1) is 0 Å². The molecule has 1 atom stereocenters. The minimum Gasteiger partial charge on any atom is -0.480 e. The number of ether oxygens (including phenoxy) is 1. The van der Waals surface area contributed by atoms with Gasteiger partial charge in [-0.25, -0.2) is 0 Å². The number of nitrogens with zero attached hydrogens (tertiary/aromatic N) is 1. The molecule has 1 rings (SSSR count). The van der Waals surface area contributed by atoms with Crippen molar-refractivity contribution >= 4 is 11.9 Å². The molecular formula is C12H18N2O4. The SMILES string of the molecule is CCC(COC)NC(=O)c1cccn1CC(=O)O. The minimum atomic E-state index is -0.982. The van der Waals surface area contributed by atoms with E-state index in [1.54, 1.807) is 25.4 Å².